The first-order chi connectivity index (χ1) is 10.0. The van der Waals surface area contributed by atoms with Gasteiger partial charge in [-0.05, 0) is 43.3 Å². The number of hydrogen-bond donors (Lipinski definition) is 2. The standard InChI is InChI=1S/C15H12FN3OS/c1-8-18-13-5-3-10(7-14(13)21-8)19-15(20)9-2-4-11(16)12(17)6-9/h2-7H,17H2,1H3,(H,19,20). The number of halogens is 1. The topological polar surface area (TPSA) is 68.0 Å². The minimum atomic E-state index is -0.534. The summed E-state index contributed by atoms with van der Waals surface area (Å²) >= 11 is 1.56. The summed E-state index contributed by atoms with van der Waals surface area (Å²) in [6, 6.07) is 9.40. The lowest BCUT2D eigenvalue weighted by Crippen LogP contribution is -2.12. The number of fused-ring (bicyclic) bond motifs is 1. The summed E-state index contributed by atoms with van der Waals surface area (Å²) < 4.78 is 14.1. The molecule has 21 heavy (non-hydrogen) atoms. The zero-order valence-electron chi connectivity index (χ0n) is 11.2. The van der Waals surface area contributed by atoms with Crippen molar-refractivity contribution in [1.82, 2.24) is 4.98 Å². The maximum absolute atomic E-state index is 13.1. The van der Waals surface area contributed by atoms with E-state index >= 15 is 0 Å². The van der Waals surface area contributed by atoms with Gasteiger partial charge in [0.15, 0.2) is 0 Å². The minimum absolute atomic E-state index is 0.0452. The summed E-state index contributed by atoms with van der Waals surface area (Å²) in [6.07, 6.45) is 0. The van der Waals surface area contributed by atoms with Gasteiger partial charge in [-0.2, -0.15) is 0 Å². The van der Waals surface area contributed by atoms with Gasteiger partial charge in [0.25, 0.3) is 5.91 Å². The van der Waals surface area contributed by atoms with Crippen molar-refractivity contribution >= 4 is 38.8 Å². The maximum Gasteiger partial charge on any atom is 0.255 e. The molecule has 0 radical (unpaired) electrons. The second kappa shape index (κ2) is 5.14. The molecule has 0 unspecified atom stereocenters. The predicted octanol–water partition coefficient (Wildman–Crippen LogP) is 3.58. The van der Waals surface area contributed by atoms with Gasteiger partial charge in [-0.1, -0.05) is 0 Å². The van der Waals surface area contributed by atoms with Gasteiger partial charge in [0.1, 0.15) is 5.82 Å². The summed E-state index contributed by atoms with van der Waals surface area (Å²) in [5.74, 6) is -0.865. The van der Waals surface area contributed by atoms with E-state index in [1.54, 1.807) is 17.4 Å². The number of thiazole rings is 1. The molecule has 3 rings (SSSR count). The molecule has 6 heteroatoms. The first kappa shape index (κ1) is 13.5. The third-order valence-electron chi connectivity index (χ3n) is 3.01. The average molecular weight is 301 g/mol. The van der Waals surface area contributed by atoms with Crippen LogP contribution in [0.15, 0.2) is 36.4 Å². The van der Waals surface area contributed by atoms with E-state index in [0.29, 0.717) is 11.3 Å². The lowest BCUT2D eigenvalue weighted by molar-refractivity contribution is 0.102. The van der Waals surface area contributed by atoms with E-state index < -0.39 is 5.82 Å². The van der Waals surface area contributed by atoms with Gasteiger partial charge in [0.05, 0.1) is 20.9 Å². The van der Waals surface area contributed by atoms with E-state index in [1.807, 2.05) is 19.1 Å². The molecule has 1 amide bonds. The highest BCUT2D eigenvalue weighted by Gasteiger charge is 2.09. The Morgan fingerprint density at radius 1 is 1.29 bits per heavy atom. The van der Waals surface area contributed by atoms with Gasteiger partial charge in [-0.25, -0.2) is 9.37 Å². The van der Waals surface area contributed by atoms with Gasteiger partial charge in [0, 0.05) is 11.3 Å². The Labute approximate surface area is 124 Å². The Bertz CT molecular complexity index is 844. The molecule has 0 saturated heterocycles. The second-order valence-corrected chi connectivity index (χ2v) is 5.84. The van der Waals surface area contributed by atoms with Gasteiger partial charge in [0.2, 0.25) is 0 Å². The number of aromatic nitrogens is 1. The van der Waals surface area contributed by atoms with E-state index in [1.165, 1.54) is 18.2 Å². The normalized spacial score (nSPS) is 10.8. The fourth-order valence-electron chi connectivity index (χ4n) is 2.01. The van der Waals surface area contributed by atoms with Crippen molar-refractivity contribution in [3.8, 4) is 0 Å². The SMILES string of the molecule is Cc1nc2ccc(NC(=O)c3ccc(F)c(N)c3)cc2s1. The predicted molar refractivity (Wildman–Crippen MR) is 83.1 cm³/mol. The van der Waals surface area contributed by atoms with Crippen LogP contribution in [0.5, 0.6) is 0 Å². The van der Waals surface area contributed by atoms with Crippen molar-refractivity contribution in [1.29, 1.82) is 0 Å². The van der Waals surface area contributed by atoms with E-state index in [2.05, 4.69) is 10.3 Å². The quantitative estimate of drug-likeness (QED) is 0.711. The Hall–Kier alpha value is -2.47. The molecular formula is C15H12FN3OS. The van der Waals surface area contributed by atoms with E-state index in [0.717, 1.165) is 15.2 Å². The van der Waals surface area contributed by atoms with Crippen LogP contribution in [-0.2, 0) is 0 Å². The molecule has 2 aromatic carbocycles. The first-order valence-corrected chi connectivity index (χ1v) is 7.08. The third-order valence-corrected chi connectivity index (χ3v) is 3.95. The number of nitrogens with one attached hydrogen (secondary N) is 1. The minimum Gasteiger partial charge on any atom is -0.396 e. The van der Waals surface area contributed by atoms with E-state index in [-0.39, 0.29) is 11.6 Å². The molecule has 0 spiro atoms. The van der Waals surface area contributed by atoms with Crippen LogP contribution in [0.2, 0.25) is 0 Å². The number of anilines is 2. The number of nitrogens with zero attached hydrogens (tertiary/aromatic N) is 1. The Morgan fingerprint density at radius 3 is 2.86 bits per heavy atom. The lowest BCUT2D eigenvalue weighted by Gasteiger charge is -2.06. The fourth-order valence-corrected chi connectivity index (χ4v) is 2.87. The second-order valence-electron chi connectivity index (χ2n) is 4.61. The van der Waals surface area contributed by atoms with Crippen molar-refractivity contribution < 1.29 is 9.18 Å². The van der Waals surface area contributed by atoms with Crippen molar-refractivity contribution in [2.45, 2.75) is 6.92 Å². The van der Waals surface area contributed by atoms with Crippen LogP contribution in [0.4, 0.5) is 15.8 Å². The monoisotopic (exact) mass is 301 g/mol. The van der Waals surface area contributed by atoms with E-state index in [4.69, 9.17) is 5.73 Å². The van der Waals surface area contributed by atoms with Crippen molar-refractivity contribution in [2.75, 3.05) is 11.1 Å². The Kier molecular flexibility index (Phi) is 3.31. The summed E-state index contributed by atoms with van der Waals surface area (Å²) in [7, 11) is 0. The Balaban J connectivity index is 1.86. The molecule has 0 aliphatic rings. The fraction of sp³-hybridized carbons (Fsp3) is 0.0667. The highest BCUT2D eigenvalue weighted by Crippen LogP contribution is 2.25. The van der Waals surface area contributed by atoms with Gasteiger partial charge >= 0.3 is 0 Å². The van der Waals surface area contributed by atoms with Crippen LogP contribution >= 0.6 is 11.3 Å². The zero-order chi connectivity index (χ0) is 15.0. The third kappa shape index (κ3) is 2.71. The van der Waals surface area contributed by atoms with Gasteiger partial charge in [-0.3, -0.25) is 4.79 Å². The van der Waals surface area contributed by atoms with Crippen molar-refractivity contribution in [3.63, 3.8) is 0 Å². The molecule has 3 N–H and O–H groups in total. The molecule has 0 saturated carbocycles. The van der Waals surface area contributed by atoms with E-state index in [9.17, 15) is 9.18 Å². The number of rotatable bonds is 2. The van der Waals surface area contributed by atoms with Gasteiger partial charge < -0.3 is 11.1 Å². The van der Waals surface area contributed by atoms with Crippen molar-refractivity contribution in [2.24, 2.45) is 0 Å². The molecule has 1 heterocycles. The van der Waals surface area contributed by atoms with Crippen LogP contribution in [0.25, 0.3) is 10.2 Å². The van der Waals surface area contributed by atoms with Crippen LogP contribution in [-0.4, -0.2) is 10.9 Å². The number of nitrogen functional groups attached to an aromatic ring is 1. The molecule has 0 bridgehead atoms. The molecule has 0 fully saturated rings. The summed E-state index contributed by atoms with van der Waals surface area (Å²) in [5.41, 5.74) is 7.31. The number of hydrogen-bond acceptors (Lipinski definition) is 4. The Morgan fingerprint density at radius 2 is 2.10 bits per heavy atom. The number of carbonyl (C=O) groups excluding carboxylic acids is 1. The number of nitrogens with two attached hydrogens (primary N) is 1. The molecule has 3 aromatic rings. The summed E-state index contributed by atoms with van der Waals surface area (Å²) in [5, 5.41) is 3.74. The maximum atomic E-state index is 13.1. The van der Waals surface area contributed by atoms with Crippen molar-refractivity contribution in [3.05, 3.63) is 52.8 Å². The smallest absolute Gasteiger partial charge is 0.255 e. The molecule has 0 aliphatic heterocycles. The summed E-state index contributed by atoms with van der Waals surface area (Å²) in [4.78, 5) is 16.5. The lowest BCUT2D eigenvalue weighted by atomic mass is 10.1. The van der Waals surface area contributed by atoms with Crippen LogP contribution in [0, 0.1) is 12.7 Å². The highest BCUT2D eigenvalue weighted by atomic mass is 32.1. The first-order valence-electron chi connectivity index (χ1n) is 6.26. The molecule has 1 aromatic heterocycles. The molecular weight excluding hydrogens is 289 g/mol. The number of aryl methyl sites for hydroxylation is 1. The largest absolute Gasteiger partial charge is 0.396 e. The summed E-state index contributed by atoms with van der Waals surface area (Å²) in [6.45, 7) is 1.93. The number of benzene rings is 2. The zero-order valence-corrected chi connectivity index (χ0v) is 12.0. The average Bonchev–Trinajstić information content (AvgIpc) is 2.81. The molecule has 0 aliphatic carbocycles. The van der Waals surface area contributed by atoms with Crippen LogP contribution < -0.4 is 11.1 Å². The number of amides is 1. The molecule has 106 valence electrons. The van der Waals surface area contributed by atoms with Gasteiger partial charge in [-0.15, -0.1) is 11.3 Å². The number of carbonyl (C=O) groups is 1. The highest BCUT2D eigenvalue weighted by molar-refractivity contribution is 7.18. The molecule has 0 atom stereocenters. The van der Waals surface area contributed by atoms with Crippen LogP contribution in [0.1, 0.15) is 15.4 Å². The van der Waals surface area contributed by atoms with Crippen LogP contribution in [0.3, 0.4) is 0 Å². The molecule has 4 nitrogen and oxygen atoms in total.